The van der Waals surface area contributed by atoms with Gasteiger partial charge >= 0.3 is 0 Å². The van der Waals surface area contributed by atoms with Crippen LogP contribution in [0.15, 0.2) is 107 Å². The Balaban J connectivity index is 1.38. The molecule has 0 amide bonds. The number of benzene rings is 4. The van der Waals surface area contributed by atoms with E-state index in [1.165, 1.54) is 36.5 Å². The minimum atomic E-state index is -4.75. The van der Waals surface area contributed by atoms with Crippen LogP contribution in [0.5, 0.6) is 0 Å². The molecule has 1 aliphatic rings. The maximum absolute atomic E-state index is 8.95. The standard InChI is InChI=1S/C43H40N6SSi/c1-25-18-19-28(36-30(43(4,5)6)20-21-34-39(36)50-40-35(51(34,7)8)17-12-22-44-40)23-29(25)37-27(3)24-45-41(46-37)49-32-15-10-9-14-31(32)48-33-16-11-13-26(2)38(33)47-42(48)49/h9-24H,1-8H3/i1D3,2D3,3D3,7D3,8D3. The van der Waals surface area contributed by atoms with Crippen LogP contribution in [-0.4, -0.2) is 37.0 Å². The number of para-hydroxylation sites is 3. The molecule has 0 aliphatic carbocycles. The number of hydrogen-bond acceptors (Lipinski definition) is 5. The zero-order valence-electron chi connectivity index (χ0n) is 42.8. The van der Waals surface area contributed by atoms with Crippen LogP contribution in [0.2, 0.25) is 13.0 Å². The van der Waals surface area contributed by atoms with Gasteiger partial charge in [-0.05, 0) is 100 Å². The molecular weight excluding hydrogens is 661 g/mol. The van der Waals surface area contributed by atoms with E-state index >= 15 is 0 Å². The number of aryl methyl sites for hydroxylation is 3. The zero-order chi connectivity index (χ0) is 47.9. The summed E-state index contributed by atoms with van der Waals surface area (Å²) in [5.74, 6) is 0.127. The molecule has 51 heavy (non-hydrogen) atoms. The molecule has 0 N–H and O–H groups in total. The number of fused-ring (bicyclic) bond motifs is 7. The van der Waals surface area contributed by atoms with Gasteiger partial charge in [0.2, 0.25) is 11.7 Å². The maximum atomic E-state index is 8.95. The van der Waals surface area contributed by atoms with Crippen molar-refractivity contribution in [2.24, 2.45) is 0 Å². The first-order valence-electron chi connectivity index (χ1n) is 23.8. The van der Waals surface area contributed by atoms with Crippen LogP contribution in [-0.2, 0) is 5.41 Å². The summed E-state index contributed by atoms with van der Waals surface area (Å²) in [7, 11) is -4.75. The average molecular weight is 716 g/mol. The fraction of sp³-hybridized carbons (Fsp3) is 0.209. The highest BCUT2D eigenvalue weighted by Crippen LogP contribution is 2.45. The highest BCUT2D eigenvalue weighted by Gasteiger charge is 2.38. The van der Waals surface area contributed by atoms with Gasteiger partial charge in [0.1, 0.15) is 13.1 Å². The van der Waals surface area contributed by atoms with Crippen LogP contribution in [0.1, 0.15) is 63.6 Å². The van der Waals surface area contributed by atoms with Gasteiger partial charge < -0.3 is 0 Å². The maximum Gasteiger partial charge on any atom is 0.237 e. The molecule has 0 bridgehead atoms. The molecule has 4 aromatic carbocycles. The number of hydrogen-bond donors (Lipinski definition) is 0. The molecule has 0 saturated carbocycles. The van der Waals surface area contributed by atoms with Crippen molar-refractivity contribution in [3.05, 3.63) is 120 Å². The molecule has 0 unspecified atom stereocenters. The lowest BCUT2D eigenvalue weighted by atomic mass is 9.81. The molecule has 1 aliphatic heterocycles. The molecule has 9 rings (SSSR count). The summed E-state index contributed by atoms with van der Waals surface area (Å²) in [5, 5.41) is 0.559. The van der Waals surface area contributed by atoms with Gasteiger partial charge in [-0.1, -0.05) is 100 Å². The van der Waals surface area contributed by atoms with Gasteiger partial charge in [0, 0.05) is 43.4 Å². The highest BCUT2D eigenvalue weighted by molar-refractivity contribution is 8.00. The Morgan fingerprint density at radius 2 is 1.57 bits per heavy atom. The Bertz CT molecular complexity index is 3270. The van der Waals surface area contributed by atoms with Gasteiger partial charge in [-0.25, -0.2) is 24.5 Å². The number of rotatable bonds is 3. The van der Waals surface area contributed by atoms with Crippen molar-refractivity contribution in [1.82, 2.24) is 28.9 Å². The van der Waals surface area contributed by atoms with Gasteiger partial charge in [-0.2, -0.15) is 0 Å². The normalized spacial score (nSPS) is 19.5. The third-order valence-corrected chi connectivity index (χ3v) is 13.5. The van der Waals surface area contributed by atoms with Crippen molar-refractivity contribution in [2.45, 2.75) is 69.6 Å². The van der Waals surface area contributed by atoms with Gasteiger partial charge in [0.15, 0.2) is 0 Å². The lowest BCUT2D eigenvalue weighted by Gasteiger charge is -2.36. The molecular formula is C43H40N6SSi. The van der Waals surface area contributed by atoms with Gasteiger partial charge in [0.25, 0.3) is 0 Å². The predicted molar refractivity (Wildman–Crippen MR) is 214 cm³/mol. The molecule has 0 saturated heterocycles. The average Bonchev–Trinajstić information content (AvgIpc) is 3.74. The molecule has 6 nitrogen and oxygen atoms in total. The van der Waals surface area contributed by atoms with Crippen molar-refractivity contribution < 1.29 is 20.6 Å². The molecule has 0 atom stereocenters. The van der Waals surface area contributed by atoms with E-state index in [9.17, 15) is 0 Å². The Kier molecular flexibility index (Phi) is 4.30. The van der Waals surface area contributed by atoms with Crippen molar-refractivity contribution in [3.8, 4) is 28.3 Å². The van der Waals surface area contributed by atoms with Crippen LogP contribution in [0, 0.1) is 20.6 Å². The van der Waals surface area contributed by atoms with Crippen molar-refractivity contribution in [3.63, 3.8) is 0 Å². The van der Waals surface area contributed by atoms with Gasteiger partial charge in [-0.15, -0.1) is 0 Å². The van der Waals surface area contributed by atoms with E-state index in [4.69, 9.17) is 30.5 Å². The Morgan fingerprint density at radius 1 is 0.745 bits per heavy atom. The molecule has 0 radical (unpaired) electrons. The summed E-state index contributed by atoms with van der Waals surface area (Å²) in [4.78, 5) is 19.1. The highest BCUT2D eigenvalue weighted by atomic mass is 32.2. The first kappa shape index (κ1) is 19.5. The number of imidazole rings is 2. The van der Waals surface area contributed by atoms with Crippen molar-refractivity contribution in [1.29, 1.82) is 0 Å². The smallest absolute Gasteiger partial charge is 0.237 e. The second-order valence-corrected chi connectivity index (χ2v) is 17.3. The van der Waals surface area contributed by atoms with E-state index in [0.717, 1.165) is 18.0 Å². The summed E-state index contributed by atoms with van der Waals surface area (Å²) in [6.07, 6.45) is 2.60. The van der Waals surface area contributed by atoms with Gasteiger partial charge in [0.05, 0.1) is 27.8 Å². The van der Waals surface area contributed by atoms with E-state index < -0.39 is 47.0 Å². The van der Waals surface area contributed by atoms with Crippen LogP contribution >= 0.6 is 11.8 Å². The van der Waals surface area contributed by atoms with Crippen molar-refractivity contribution >= 4 is 58.1 Å². The first-order chi connectivity index (χ1) is 30.6. The second-order valence-electron chi connectivity index (χ2n) is 13.8. The molecule has 8 aromatic rings. The monoisotopic (exact) mass is 715 g/mol. The fourth-order valence-corrected chi connectivity index (χ4v) is 11.1. The fourth-order valence-electron chi connectivity index (χ4n) is 7.10. The van der Waals surface area contributed by atoms with Gasteiger partial charge in [-0.3, -0.25) is 4.40 Å². The van der Waals surface area contributed by atoms with E-state index in [2.05, 4.69) is 9.97 Å². The Hall–Kier alpha value is -5.05. The summed E-state index contributed by atoms with van der Waals surface area (Å²) in [6.45, 7) is -8.32. The zero-order valence-corrected chi connectivity index (χ0v) is 29.6. The third-order valence-electron chi connectivity index (χ3n) is 9.51. The van der Waals surface area contributed by atoms with E-state index in [1.54, 1.807) is 57.5 Å². The summed E-state index contributed by atoms with van der Waals surface area (Å²) in [6, 6.07) is 22.9. The quantitative estimate of drug-likeness (QED) is 0.171. The molecule has 4 aromatic heterocycles. The molecule has 8 heteroatoms. The lowest BCUT2D eigenvalue weighted by molar-refractivity contribution is 0.591. The van der Waals surface area contributed by atoms with E-state index in [0.29, 0.717) is 38.1 Å². The summed E-state index contributed by atoms with van der Waals surface area (Å²) < 4.78 is 134. The molecule has 0 fully saturated rings. The van der Waals surface area contributed by atoms with Crippen LogP contribution in [0.4, 0.5) is 0 Å². The summed E-state index contributed by atoms with van der Waals surface area (Å²) in [5.41, 5.74) is 1.77. The lowest BCUT2D eigenvalue weighted by Crippen LogP contribution is -2.56. The molecule has 252 valence electrons. The van der Waals surface area contributed by atoms with Crippen LogP contribution < -0.4 is 10.4 Å². The molecule has 0 spiro atoms. The third kappa shape index (κ3) is 4.76. The number of nitrogens with zero attached hydrogens (tertiary/aromatic N) is 6. The molecule has 5 heterocycles. The largest absolute Gasteiger partial charge is 0.276 e. The topological polar surface area (TPSA) is 60.9 Å². The number of aromatic nitrogens is 6. The van der Waals surface area contributed by atoms with E-state index in [-0.39, 0.29) is 60.6 Å². The minimum Gasteiger partial charge on any atom is -0.276 e. The second kappa shape index (κ2) is 11.2. The Morgan fingerprint density at radius 3 is 2.37 bits per heavy atom. The Labute approximate surface area is 324 Å². The SMILES string of the molecule is [2H]C([2H])([2H])c1ccc(-c2c(C(C)(C)C)ccc3c2Sc2ncccc2[Si]3(C([2H])([2H])[2H])C([2H])([2H])[2H])cc1-c1nc(-n2c3ccccc3n3c4cccc(C([2H])([2H])[2H])c4nc23)ncc1C([2H])([2H])[2H]. The minimum absolute atomic E-state index is 0.0191. The van der Waals surface area contributed by atoms with Crippen LogP contribution in [0.25, 0.3) is 56.2 Å². The first-order valence-corrected chi connectivity index (χ1v) is 19.1. The van der Waals surface area contributed by atoms with E-state index in [1.807, 2.05) is 26.8 Å². The summed E-state index contributed by atoms with van der Waals surface area (Å²) >= 11 is 1.14. The number of pyridine rings is 1. The predicted octanol–water partition coefficient (Wildman–Crippen LogP) is 9.46. The van der Waals surface area contributed by atoms with Crippen LogP contribution in [0.3, 0.4) is 0 Å². The van der Waals surface area contributed by atoms with Crippen molar-refractivity contribution in [2.75, 3.05) is 0 Å².